The fraction of sp³-hybridized carbons (Fsp3) is 0.385. The summed E-state index contributed by atoms with van der Waals surface area (Å²) >= 11 is 0. The molecule has 0 radical (unpaired) electrons. The summed E-state index contributed by atoms with van der Waals surface area (Å²) in [6, 6.07) is 5.62. The average Bonchev–Trinajstić information content (AvgIpc) is 3.04. The minimum absolute atomic E-state index is 0.183. The molecule has 1 fully saturated rings. The van der Waals surface area contributed by atoms with E-state index >= 15 is 0 Å². The van der Waals surface area contributed by atoms with Crippen molar-refractivity contribution in [1.29, 1.82) is 0 Å². The third-order valence-corrected chi connectivity index (χ3v) is 3.50. The highest BCUT2D eigenvalue weighted by Gasteiger charge is 2.27. The topological polar surface area (TPSA) is 67.1 Å². The Balaban J connectivity index is 2.11. The summed E-state index contributed by atoms with van der Waals surface area (Å²) in [7, 11) is 1.87. The summed E-state index contributed by atoms with van der Waals surface area (Å²) in [5.74, 6) is -0.478. The summed E-state index contributed by atoms with van der Waals surface area (Å²) in [6.45, 7) is 1.33. The van der Waals surface area contributed by atoms with Crippen molar-refractivity contribution in [2.24, 2.45) is 0 Å². The van der Waals surface area contributed by atoms with Crippen LogP contribution < -0.4 is 4.90 Å². The fourth-order valence-electron chi connectivity index (χ4n) is 2.43. The molecule has 100 valence electrons. The molecule has 6 heteroatoms. The number of rotatable bonds is 3. The van der Waals surface area contributed by atoms with Gasteiger partial charge in [-0.1, -0.05) is 6.07 Å². The second-order valence-corrected chi connectivity index (χ2v) is 4.65. The monoisotopic (exact) mass is 261 g/mol. The number of carboxylic acid groups (broad SMARTS) is 1. The van der Waals surface area contributed by atoms with Gasteiger partial charge in [0.05, 0.1) is 12.6 Å². The Morgan fingerprint density at radius 1 is 1.58 bits per heavy atom. The lowest BCUT2D eigenvalue weighted by Crippen LogP contribution is -2.33. The minimum atomic E-state index is -0.973. The van der Waals surface area contributed by atoms with Crippen LogP contribution in [0.25, 0.3) is 5.65 Å². The number of likely N-dealkylation sites (N-methyl/N-ethyl adjacent to an activating group) is 1. The highest BCUT2D eigenvalue weighted by molar-refractivity contribution is 5.93. The number of aromatic nitrogens is 2. The quantitative estimate of drug-likeness (QED) is 0.901. The smallest absolute Gasteiger partial charge is 0.356 e. The predicted molar refractivity (Wildman–Crippen MR) is 69.8 cm³/mol. The molecule has 2 aromatic rings. The second-order valence-electron chi connectivity index (χ2n) is 4.65. The number of aromatic carboxylic acids is 1. The van der Waals surface area contributed by atoms with Gasteiger partial charge >= 0.3 is 5.97 Å². The van der Waals surface area contributed by atoms with Gasteiger partial charge < -0.3 is 14.7 Å². The van der Waals surface area contributed by atoms with Crippen molar-refractivity contribution in [2.45, 2.75) is 12.5 Å². The van der Waals surface area contributed by atoms with Gasteiger partial charge in [0, 0.05) is 19.9 Å². The molecule has 2 aromatic heterocycles. The van der Waals surface area contributed by atoms with E-state index in [-0.39, 0.29) is 11.7 Å². The molecule has 1 aliphatic rings. The lowest BCUT2D eigenvalue weighted by atomic mass is 10.2. The average molecular weight is 261 g/mol. The molecule has 1 saturated heterocycles. The first-order valence-corrected chi connectivity index (χ1v) is 6.19. The van der Waals surface area contributed by atoms with E-state index in [1.54, 1.807) is 22.7 Å². The molecule has 19 heavy (non-hydrogen) atoms. The van der Waals surface area contributed by atoms with Crippen molar-refractivity contribution < 1.29 is 14.6 Å². The normalized spacial score (nSPS) is 18.9. The van der Waals surface area contributed by atoms with Gasteiger partial charge in [0.15, 0.2) is 11.5 Å². The Labute approximate surface area is 110 Å². The van der Waals surface area contributed by atoms with Crippen LogP contribution in [0.3, 0.4) is 0 Å². The largest absolute Gasteiger partial charge is 0.476 e. The Bertz CT molecular complexity index is 617. The Kier molecular flexibility index (Phi) is 2.87. The second kappa shape index (κ2) is 4.55. The zero-order valence-corrected chi connectivity index (χ0v) is 10.6. The molecule has 3 rings (SSSR count). The Morgan fingerprint density at radius 3 is 3.11 bits per heavy atom. The molecule has 1 unspecified atom stereocenters. The number of hydrogen-bond donors (Lipinski definition) is 1. The van der Waals surface area contributed by atoms with Crippen LogP contribution in [0.2, 0.25) is 0 Å². The zero-order valence-electron chi connectivity index (χ0n) is 10.6. The van der Waals surface area contributed by atoms with Crippen LogP contribution in [0, 0.1) is 0 Å². The molecular formula is C13H15N3O3. The third kappa shape index (κ3) is 1.94. The zero-order chi connectivity index (χ0) is 13.4. The maximum absolute atomic E-state index is 11.5. The number of fused-ring (bicyclic) bond motifs is 1. The van der Waals surface area contributed by atoms with E-state index in [1.807, 2.05) is 18.0 Å². The van der Waals surface area contributed by atoms with Crippen LogP contribution in [0.5, 0.6) is 0 Å². The summed E-state index contributed by atoms with van der Waals surface area (Å²) in [5.41, 5.74) is 0.839. The van der Waals surface area contributed by atoms with Crippen LogP contribution in [0.15, 0.2) is 24.4 Å². The van der Waals surface area contributed by atoms with Crippen LogP contribution in [-0.2, 0) is 4.74 Å². The molecular weight excluding hydrogens is 246 g/mol. The van der Waals surface area contributed by atoms with E-state index in [2.05, 4.69) is 4.98 Å². The molecule has 0 amide bonds. The SMILES string of the molecule is CN(c1nc2ccccn2c1C(=O)O)C1CCOC1. The molecule has 1 atom stereocenters. The minimum Gasteiger partial charge on any atom is -0.476 e. The van der Waals surface area contributed by atoms with Crippen molar-refractivity contribution in [2.75, 3.05) is 25.2 Å². The predicted octanol–water partition coefficient (Wildman–Crippen LogP) is 1.26. The number of imidazole rings is 1. The summed E-state index contributed by atoms with van der Waals surface area (Å²) in [5, 5.41) is 9.43. The maximum atomic E-state index is 11.5. The number of anilines is 1. The van der Waals surface area contributed by atoms with Crippen molar-refractivity contribution in [3.05, 3.63) is 30.1 Å². The van der Waals surface area contributed by atoms with Crippen LogP contribution in [0.1, 0.15) is 16.9 Å². The van der Waals surface area contributed by atoms with Crippen LogP contribution >= 0.6 is 0 Å². The number of pyridine rings is 1. The van der Waals surface area contributed by atoms with Gasteiger partial charge in [-0.3, -0.25) is 4.40 Å². The van der Waals surface area contributed by atoms with Gasteiger partial charge in [-0.25, -0.2) is 9.78 Å². The van der Waals surface area contributed by atoms with Gasteiger partial charge in [-0.05, 0) is 18.6 Å². The number of hydrogen-bond acceptors (Lipinski definition) is 4. The van der Waals surface area contributed by atoms with Crippen molar-refractivity contribution in [3.63, 3.8) is 0 Å². The van der Waals surface area contributed by atoms with Crippen LogP contribution in [0.4, 0.5) is 5.82 Å². The Hall–Kier alpha value is -2.08. The summed E-state index contributed by atoms with van der Waals surface area (Å²) < 4.78 is 6.95. The molecule has 1 N–H and O–H groups in total. The Morgan fingerprint density at radius 2 is 2.42 bits per heavy atom. The van der Waals surface area contributed by atoms with E-state index in [1.165, 1.54) is 0 Å². The first kappa shape index (κ1) is 12.0. The molecule has 6 nitrogen and oxygen atoms in total. The molecule has 1 aliphatic heterocycles. The van der Waals surface area contributed by atoms with Gasteiger partial charge in [0.2, 0.25) is 0 Å². The number of ether oxygens (including phenoxy) is 1. The van der Waals surface area contributed by atoms with E-state index in [9.17, 15) is 9.90 Å². The van der Waals surface area contributed by atoms with Crippen molar-refractivity contribution >= 4 is 17.4 Å². The van der Waals surface area contributed by atoms with Gasteiger partial charge in [-0.2, -0.15) is 0 Å². The lowest BCUT2D eigenvalue weighted by molar-refractivity contribution is 0.0690. The van der Waals surface area contributed by atoms with Crippen molar-refractivity contribution in [3.8, 4) is 0 Å². The maximum Gasteiger partial charge on any atom is 0.356 e. The van der Waals surface area contributed by atoms with E-state index < -0.39 is 5.97 Å². The highest BCUT2D eigenvalue weighted by atomic mass is 16.5. The van der Waals surface area contributed by atoms with Crippen molar-refractivity contribution in [1.82, 2.24) is 9.38 Å². The van der Waals surface area contributed by atoms with Crippen LogP contribution in [-0.4, -0.2) is 46.8 Å². The molecule has 0 bridgehead atoms. The summed E-state index contributed by atoms with van der Waals surface area (Å²) in [4.78, 5) is 17.8. The highest BCUT2D eigenvalue weighted by Crippen LogP contribution is 2.25. The summed E-state index contributed by atoms with van der Waals surface area (Å²) in [6.07, 6.45) is 2.61. The van der Waals surface area contributed by atoms with Gasteiger partial charge in [0.1, 0.15) is 5.65 Å². The number of nitrogens with zero attached hydrogens (tertiary/aromatic N) is 3. The molecule has 0 spiro atoms. The standard InChI is InChI=1S/C13H15N3O3/c1-15(9-5-7-19-8-9)12-11(13(17)18)16-6-3-2-4-10(16)14-12/h2-4,6,9H,5,7-8H2,1H3,(H,17,18). The van der Waals surface area contributed by atoms with Gasteiger partial charge in [0.25, 0.3) is 0 Å². The van der Waals surface area contributed by atoms with E-state index in [4.69, 9.17) is 4.74 Å². The third-order valence-electron chi connectivity index (χ3n) is 3.50. The number of carboxylic acids is 1. The van der Waals surface area contributed by atoms with Gasteiger partial charge in [-0.15, -0.1) is 0 Å². The molecule has 0 saturated carbocycles. The molecule has 0 aliphatic carbocycles. The lowest BCUT2D eigenvalue weighted by Gasteiger charge is -2.23. The van der Waals surface area contributed by atoms with E-state index in [0.29, 0.717) is 24.7 Å². The first-order valence-electron chi connectivity index (χ1n) is 6.19. The first-order chi connectivity index (χ1) is 9.18. The number of carbonyl (C=O) groups is 1. The fourth-order valence-corrected chi connectivity index (χ4v) is 2.43. The molecule has 0 aromatic carbocycles. The van der Waals surface area contributed by atoms with E-state index in [0.717, 1.165) is 6.42 Å². The molecule has 3 heterocycles.